The molecule has 5 heteroatoms. The molecule has 5 nitrogen and oxygen atoms in total. The summed E-state index contributed by atoms with van der Waals surface area (Å²) in [6, 6.07) is 1.75. The Labute approximate surface area is 102 Å². The molecule has 1 heterocycles. The predicted octanol–water partition coefficient (Wildman–Crippen LogP) is 1.02. The van der Waals surface area contributed by atoms with Crippen LogP contribution in [-0.2, 0) is 29.5 Å². The number of ether oxygens (including phenoxy) is 1. The van der Waals surface area contributed by atoms with Crippen molar-refractivity contribution < 1.29 is 9.53 Å². The Kier molecular flexibility index (Phi) is 5.15. The monoisotopic (exact) mass is 239 g/mol. The van der Waals surface area contributed by atoms with Crippen molar-refractivity contribution >= 4 is 5.97 Å². The van der Waals surface area contributed by atoms with Crippen LogP contribution in [0.5, 0.6) is 0 Å². The summed E-state index contributed by atoms with van der Waals surface area (Å²) in [7, 11) is 1.91. The Hall–Kier alpha value is -1.36. The van der Waals surface area contributed by atoms with Crippen molar-refractivity contribution in [2.75, 3.05) is 6.61 Å². The van der Waals surface area contributed by atoms with Gasteiger partial charge in [0.15, 0.2) is 0 Å². The molecule has 96 valence electrons. The van der Waals surface area contributed by atoms with E-state index in [1.165, 1.54) is 0 Å². The van der Waals surface area contributed by atoms with E-state index >= 15 is 0 Å². The van der Waals surface area contributed by atoms with Crippen molar-refractivity contribution in [2.45, 2.75) is 39.8 Å². The zero-order valence-electron chi connectivity index (χ0n) is 11.0. The van der Waals surface area contributed by atoms with E-state index in [-0.39, 0.29) is 12.0 Å². The average molecular weight is 239 g/mol. The molecule has 0 spiro atoms. The Balaban J connectivity index is 2.49. The fraction of sp³-hybridized carbons (Fsp3) is 0.667. The fourth-order valence-electron chi connectivity index (χ4n) is 1.52. The molecule has 0 aliphatic heterocycles. The first kappa shape index (κ1) is 13.7. The first-order valence-corrected chi connectivity index (χ1v) is 6.00. The van der Waals surface area contributed by atoms with Gasteiger partial charge in [0.1, 0.15) is 6.04 Å². The van der Waals surface area contributed by atoms with Crippen LogP contribution in [0.2, 0.25) is 0 Å². The molecule has 1 aromatic rings. The van der Waals surface area contributed by atoms with Gasteiger partial charge >= 0.3 is 5.97 Å². The SMILES string of the molecule is CCOC(=O)C(C)NCc1cc(CC)nn1C. The normalized spacial score (nSPS) is 12.5. The molecule has 1 rings (SSSR count). The number of rotatable bonds is 6. The number of hydrogen-bond donors (Lipinski definition) is 1. The number of carbonyl (C=O) groups excluding carboxylic acids is 1. The van der Waals surface area contributed by atoms with Gasteiger partial charge in [-0.25, -0.2) is 0 Å². The third kappa shape index (κ3) is 3.85. The second kappa shape index (κ2) is 6.39. The number of aromatic nitrogens is 2. The van der Waals surface area contributed by atoms with Gasteiger partial charge in [0.2, 0.25) is 0 Å². The summed E-state index contributed by atoms with van der Waals surface area (Å²) in [5, 5.41) is 7.48. The maximum absolute atomic E-state index is 11.4. The molecule has 0 saturated heterocycles. The molecule has 0 fully saturated rings. The zero-order chi connectivity index (χ0) is 12.8. The van der Waals surface area contributed by atoms with E-state index in [2.05, 4.69) is 17.3 Å². The highest BCUT2D eigenvalue weighted by molar-refractivity contribution is 5.75. The number of aryl methyl sites for hydroxylation is 2. The van der Waals surface area contributed by atoms with Crippen molar-refractivity contribution in [3.8, 4) is 0 Å². The Morgan fingerprint density at radius 1 is 1.59 bits per heavy atom. The van der Waals surface area contributed by atoms with Gasteiger partial charge in [-0.2, -0.15) is 5.10 Å². The van der Waals surface area contributed by atoms with Gasteiger partial charge in [-0.15, -0.1) is 0 Å². The topological polar surface area (TPSA) is 56.1 Å². The Morgan fingerprint density at radius 2 is 2.29 bits per heavy atom. The lowest BCUT2D eigenvalue weighted by Gasteiger charge is -2.12. The smallest absolute Gasteiger partial charge is 0.322 e. The van der Waals surface area contributed by atoms with Crippen LogP contribution in [0.15, 0.2) is 6.07 Å². The van der Waals surface area contributed by atoms with Gasteiger partial charge in [0.25, 0.3) is 0 Å². The molecular formula is C12H21N3O2. The first-order valence-electron chi connectivity index (χ1n) is 6.00. The van der Waals surface area contributed by atoms with E-state index in [0.29, 0.717) is 13.2 Å². The molecule has 0 aliphatic rings. The Morgan fingerprint density at radius 3 is 2.82 bits per heavy atom. The highest BCUT2D eigenvalue weighted by atomic mass is 16.5. The summed E-state index contributed by atoms with van der Waals surface area (Å²) < 4.78 is 6.76. The van der Waals surface area contributed by atoms with Crippen LogP contribution >= 0.6 is 0 Å². The molecular weight excluding hydrogens is 218 g/mol. The molecule has 17 heavy (non-hydrogen) atoms. The summed E-state index contributed by atoms with van der Waals surface area (Å²) in [4.78, 5) is 11.4. The van der Waals surface area contributed by atoms with Crippen LogP contribution in [0.25, 0.3) is 0 Å². The van der Waals surface area contributed by atoms with Crippen molar-refractivity contribution in [1.82, 2.24) is 15.1 Å². The summed E-state index contributed by atoms with van der Waals surface area (Å²) >= 11 is 0. The highest BCUT2D eigenvalue weighted by Gasteiger charge is 2.13. The fourth-order valence-corrected chi connectivity index (χ4v) is 1.52. The minimum absolute atomic E-state index is 0.217. The molecule has 1 atom stereocenters. The van der Waals surface area contributed by atoms with E-state index < -0.39 is 0 Å². The molecule has 0 radical (unpaired) electrons. The van der Waals surface area contributed by atoms with Crippen LogP contribution in [0, 0.1) is 0 Å². The average Bonchev–Trinajstić information content (AvgIpc) is 2.67. The number of carbonyl (C=O) groups is 1. The van der Waals surface area contributed by atoms with Gasteiger partial charge < -0.3 is 4.74 Å². The minimum atomic E-state index is -0.296. The van der Waals surface area contributed by atoms with Gasteiger partial charge in [0.05, 0.1) is 18.0 Å². The lowest BCUT2D eigenvalue weighted by Crippen LogP contribution is -2.35. The highest BCUT2D eigenvalue weighted by Crippen LogP contribution is 2.04. The summed E-state index contributed by atoms with van der Waals surface area (Å²) in [6.45, 7) is 6.70. The van der Waals surface area contributed by atoms with E-state index in [0.717, 1.165) is 17.8 Å². The summed E-state index contributed by atoms with van der Waals surface area (Å²) in [5.74, 6) is -0.217. The van der Waals surface area contributed by atoms with Crippen LogP contribution in [-0.4, -0.2) is 28.4 Å². The zero-order valence-corrected chi connectivity index (χ0v) is 11.0. The maximum Gasteiger partial charge on any atom is 0.322 e. The van der Waals surface area contributed by atoms with Crippen molar-refractivity contribution in [3.63, 3.8) is 0 Å². The lowest BCUT2D eigenvalue weighted by molar-refractivity contribution is -0.145. The predicted molar refractivity (Wildman–Crippen MR) is 65.5 cm³/mol. The molecule has 1 N–H and O–H groups in total. The van der Waals surface area contributed by atoms with Crippen LogP contribution in [0.1, 0.15) is 32.2 Å². The van der Waals surface area contributed by atoms with Gasteiger partial charge in [-0.1, -0.05) is 6.92 Å². The molecule has 0 amide bonds. The molecule has 0 aromatic carbocycles. The molecule has 0 bridgehead atoms. The number of hydrogen-bond acceptors (Lipinski definition) is 4. The van der Waals surface area contributed by atoms with Crippen LogP contribution in [0.4, 0.5) is 0 Å². The van der Waals surface area contributed by atoms with E-state index in [4.69, 9.17) is 4.74 Å². The second-order valence-electron chi connectivity index (χ2n) is 3.96. The third-order valence-corrected chi connectivity index (χ3v) is 2.62. The minimum Gasteiger partial charge on any atom is -0.465 e. The van der Waals surface area contributed by atoms with Gasteiger partial charge in [0, 0.05) is 13.6 Å². The largest absolute Gasteiger partial charge is 0.465 e. The molecule has 1 aromatic heterocycles. The van der Waals surface area contributed by atoms with Gasteiger partial charge in [-0.3, -0.25) is 14.8 Å². The molecule has 0 aliphatic carbocycles. The number of nitrogens with one attached hydrogen (secondary N) is 1. The van der Waals surface area contributed by atoms with Crippen molar-refractivity contribution in [3.05, 3.63) is 17.5 Å². The van der Waals surface area contributed by atoms with Gasteiger partial charge in [-0.05, 0) is 26.3 Å². The van der Waals surface area contributed by atoms with Crippen LogP contribution < -0.4 is 5.32 Å². The quantitative estimate of drug-likeness (QED) is 0.753. The third-order valence-electron chi connectivity index (χ3n) is 2.62. The standard InChI is InChI=1S/C12H21N3O2/c1-5-10-7-11(15(4)14-10)8-13-9(3)12(16)17-6-2/h7,9,13H,5-6,8H2,1-4H3. The Bertz CT molecular complexity index is 374. The van der Waals surface area contributed by atoms with E-state index in [1.54, 1.807) is 13.8 Å². The van der Waals surface area contributed by atoms with Crippen LogP contribution in [0.3, 0.4) is 0 Å². The summed E-state index contributed by atoms with van der Waals surface area (Å²) in [6.07, 6.45) is 0.918. The molecule has 1 unspecified atom stereocenters. The second-order valence-corrected chi connectivity index (χ2v) is 3.96. The van der Waals surface area contributed by atoms with E-state index in [1.807, 2.05) is 17.8 Å². The summed E-state index contributed by atoms with van der Waals surface area (Å²) in [5.41, 5.74) is 2.13. The number of nitrogens with zero attached hydrogens (tertiary/aromatic N) is 2. The van der Waals surface area contributed by atoms with E-state index in [9.17, 15) is 4.79 Å². The maximum atomic E-state index is 11.4. The first-order chi connectivity index (χ1) is 8.08. The lowest BCUT2D eigenvalue weighted by atomic mass is 10.3. The van der Waals surface area contributed by atoms with Crippen molar-refractivity contribution in [1.29, 1.82) is 0 Å². The number of esters is 1. The van der Waals surface area contributed by atoms with Crippen molar-refractivity contribution in [2.24, 2.45) is 7.05 Å². The molecule has 0 saturated carbocycles.